The van der Waals surface area contributed by atoms with Crippen molar-refractivity contribution < 1.29 is 18.3 Å². The van der Waals surface area contributed by atoms with Crippen LogP contribution >= 0.6 is 11.3 Å². The summed E-state index contributed by atoms with van der Waals surface area (Å²) in [7, 11) is -1.67. The Bertz CT molecular complexity index is 664. The fourth-order valence-corrected chi connectivity index (χ4v) is 5.35. The van der Waals surface area contributed by atoms with Crippen LogP contribution in [0.1, 0.15) is 28.4 Å². The van der Waals surface area contributed by atoms with Crippen molar-refractivity contribution in [1.29, 1.82) is 0 Å². The summed E-state index contributed by atoms with van der Waals surface area (Å²) in [6.45, 7) is 7.10. The Morgan fingerprint density at radius 1 is 1.38 bits per heavy atom. The standard InChI is InChI=1S/C13H20N2O4S2/c1-9-11(7-10(20-9)12(16)17)21(18,19)15-6-5-14(4)13(2,3)8-15/h7H,5-6,8H2,1-4H3,(H,16,17). The van der Waals surface area contributed by atoms with Gasteiger partial charge in [-0.2, -0.15) is 4.31 Å². The van der Waals surface area contributed by atoms with Crippen molar-refractivity contribution >= 4 is 27.3 Å². The number of carboxylic acids is 1. The third kappa shape index (κ3) is 2.98. The zero-order valence-electron chi connectivity index (χ0n) is 12.6. The van der Waals surface area contributed by atoms with Crippen molar-refractivity contribution in [2.24, 2.45) is 0 Å². The zero-order chi connectivity index (χ0) is 16.0. The van der Waals surface area contributed by atoms with Crippen LogP contribution in [-0.4, -0.2) is 60.9 Å². The molecule has 1 aromatic rings. The van der Waals surface area contributed by atoms with Crippen molar-refractivity contribution in [3.05, 3.63) is 15.8 Å². The van der Waals surface area contributed by atoms with E-state index in [2.05, 4.69) is 4.90 Å². The molecule has 6 nitrogen and oxygen atoms in total. The van der Waals surface area contributed by atoms with E-state index in [1.165, 1.54) is 10.4 Å². The third-order valence-corrected chi connectivity index (χ3v) is 7.12. The lowest BCUT2D eigenvalue weighted by molar-refractivity contribution is 0.0702. The van der Waals surface area contributed by atoms with Crippen LogP contribution in [0, 0.1) is 6.92 Å². The quantitative estimate of drug-likeness (QED) is 0.907. The number of hydrogen-bond acceptors (Lipinski definition) is 5. The minimum absolute atomic E-state index is 0.0551. The lowest BCUT2D eigenvalue weighted by atomic mass is 10.0. The fraction of sp³-hybridized carbons (Fsp3) is 0.615. The van der Waals surface area contributed by atoms with Crippen molar-refractivity contribution in [3.63, 3.8) is 0 Å². The molecule has 0 bridgehead atoms. The largest absolute Gasteiger partial charge is 0.477 e. The molecule has 0 atom stereocenters. The molecular formula is C13H20N2O4S2. The minimum Gasteiger partial charge on any atom is -0.477 e. The molecule has 0 aromatic carbocycles. The molecule has 1 N–H and O–H groups in total. The van der Waals surface area contributed by atoms with Crippen molar-refractivity contribution in [1.82, 2.24) is 9.21 Å². The Hall–Kier alpha value is -0.960. The summed E-state index contributed by atoms with van der Waals surface area (Å²) in [5.41, 5.74) is -0.245. The van der Waals surface area contributed by atoms with E-state index in [0.29, 0.717) is 24.5 Å². The first kappa shape index (κ1) is 16.4. The molecule has 2 rings (SSSR count). The molecule has 0 aliphatic carbocycles. The number of piperazine rings is 1. The second-order valence-corrected chi connectivity index (χ2v) is 9.07. The Kier molecular flexibility index (Phi) is 4.18. The summed E-state index contributed by atoms with van der Waals surface area (Å²) in [5.74, 6) is -1.09. The lowest BCUT2D eigenvalue weighted by Gasteiger charge is -2.44. The third-order valence-electron chi connectivity index (χ3n) is 3.98. The summed E-state index contributed by atoms with van der Waals surface area (Å²) in [4.78, 5) is 13.8. The number of sulfonamides is 1. The number of hydrogen-bond donors (Lipinski definition) is 1. The highest BCUT2D eigenvalue weighted by Crippen LogP contribution is 2.31. The molecule has 1 aliphatic heterocycles. The number of thiophene rings is 1. The van der Waals surface area contributed by atoms with E-state index in [4.69, 9.17) is 5.11 Å². The SMILES string of the molecule is Cc1sc(C(=O)O)cc1S(=O)(=O)N1CCN(C)C(C)(C)C1. The summed E-state index contributed by atoms with van der Waals surface area (Å²) in [6, 6.07) is 1.27. The molecule has 1 aromatic heterocycles. The van der Waals surface area contributed by atoms with Gasteiger partial charge in [-0.1, -0.05) is 0 Å². The highest BCUT2D eigenvalue weighted by molar-refractivity contribution is 7.89. The highest BCUT2D eigenvalue weighted by Gasteiger charge is 2.38. The first-order valence-corrected chi connectivity index (χ1v) is 8.86. The highest BCUT2D eigenvalue weighted by atomic mass is 32.2. The Balaban J connectivity index is 2.37. The van der Waals surface area contributed by atoms with Gasteiger partial charge in [-0.3, -0.25) is 4.90 Å². The summed E-state index contributed by atoms with van der Waals surface area (Å²) in [5, 5.41) is 9.01. The number of carboxylic acid groups (broad SMARTS) is 1. The van der Waals surface area contributed by atoms with Gasteiger partial charge < -0.3 is 5.11 Å². The van der Waals surface area contributed by atoms with Gasteiger partial charge in [0, 0.05) is 30.1 Å². The second kappa shape index (κ2) is 5.35. The Labute approximate surface area is 129 Å². The molecule has 0 spiro atoms. The predicted octanol–water partition coefficient (Wildman–Crippen LogP) is 1.47. The number of aryl methyl sites for hydroxylation is 1. The van der Waals surface area contributed by atoms with Gasteiger partial charge in [-0.05, 0) is 33.9 Å². The van der Waals surface area contributed by atoms with E-state index in [1.54, 1.807) is 6.92 Å². The van der Waals surface area contributed by atoms with E-state index >= 15 is 0 Å². The van der Waals surface area contributed by atoms with Gasteiger partial charge >= 0.3 is 5.97 Å². The molecule has 0 amide bonds. The van der Waals surface area contributed by atoms with Gasteiger partial charge in [0.05, 0.1) is 4.90 Å². The number of rotatable bonds is 3. The Morgan fingerprint density at radius 2 is 2.00 bits per heavy atom. The van der Waals surface area contributed by atoms with Crippen LogP contribution in [0.2, 0.25) is 0 Å². The molecule has 118 valence electrons. The minimum atomic E-state index is -3.65. The maximum absolute atomic E-state index is 12.8. The maximum Gasteiger partial charge on any atom is 0.345 e. The van der Waals surface area contributed by atoms with Crippen molar-refractivity contribution in [2.75, 3.05) is 26.7 Å². The zero-order valence-corrected chi connectivity index (χ0v) is 14.2. The van der Waals surface area contributed by atoms with E-state index in [0.717, 1.165) is 11.3 Å². The number of likely N-dealkylation sites (N-methyl/N-ethyl adjacent to an activating group) is 1. The van der Waals surface area contributed by atoms with E-state index in [-0.39, 0.29) is 15.3 Å². The molecule has 1 fully saturated rings. The van der Waals surface area contributed by atoms with Gasteiger partial charge in [0.15, 0.2) is 0 Å². The van der Waals surface area contributed by atoms with E-state index in [9.17, 15) is 13.2 Å². The van der Waals surface area contributed by atoms with E-state index < -0.39 is 16.0 Å². The number of carbonyl (C=O) groups is 1. The summed E-state index contributed by atoms with van der Waals surface area (Å²) >= 11 is 0.998. The summed E-state index contributed by atoms with van der Waals surface area (Å²) in [6.07, 6.45) is 0. The van der Waals surface area contributed by atoms with Gasteiger partial charge in [0.2, 0.25) is 10.0 Å². The number of aromatic carboxylic acids is 1. The fourth-order valence-electron chi connectivity index (χ4n) is 2.37. The average Bonchev–Trinajstić information content (AvgIpc) is 2.75. The molecule has 2 heterocycles. The molecule has 1 saturated heterocycles. The van der Waals surface area contributed by atoms with Crippen LogP contribution in [0.15, 0.2) is 11.0 Å². The van der Waals surface area contributed by atoms with Crippen LogP contribution in [0.5, 0.6) is 0 Å². The second-order valence-electron chi connectivity index (χ2n) is 5.91. The molecular weight excluding hydrogens is 312 g/mol. The Morgan fingerprint density at radius 3 is 2.48 bits per heavy atom. The number of nitrogens with zero attached hydrogens (tertiary/aromatic N) is 2. The van der Waals surface area contributed by atoms with Gasteiger partial charge in [0.1, 0.15) is 4.88 Å². The van der Waals surface area contributed by atoms with Crippen LogP contribution in [-0.2, 0) is 10.0 Å². The topological polar surface area (TPSA) is 77.9 Å². The molecule has 1 aliphatic rings. The molecule has 8 heteroatoms. The smallest absolute Gasteiger partial charge is 0.345 e. The first-order chi connectivity index (χ1) is 9.55. The van der Waals surface area contributed by atoms with Crippen LogP contribution < -0.4 is 0 Å². The lowest BCUT2D eigenvalue weighted by Crippen LogP contribution is -2.58. The molecule has 0 radical (unpaired) electrons. The monoisotopic (exact) mass is 332 g/mol. The van der Waals surface area contributed by atoms with Gasteiger partial charge in [0.25, 0.3) is 0 Å². The normalized spacial score (nSPS) is 20.6. The van der Waals surface area contributed by atoms with Gasteiger partial charge in [-0.15, -0.1) is 11.3 Å². The van der Waals surface area contributed by atoms with Crippen LogP contribution in [0.3, 0.4) is 0 Å². The van der Waals surface area contributed by atoms with E-state index in [1.807, 2.05) is 20.9 Å². The molecule has 0 saturated carbocycles. The van der Waals surface area contributed by atoms with Crippen molar-refractivity contribution in [3.8, 4) is 0 Å². The average molecular weight is 332 g/mol. The summed E-state index contributed by atoms with van der Waals surface area (Å²) < 4.78 is 27.0. The predicted molar refractivity (Wildman–Crippen MR) is 81.5 cm³/mol. The van der Waals surface area contributed by atoms with Crippen LogP contribution in [0.4, 0.5) is 0 Å². The maximum atomic E-state index is 12.8. The first-order valence-electron chi connectivity index (χ1n) is 6.61. The molecule has 21 heavy (non-hydrogen) atoms. The van der Waals surface area contributed by atoms with Crippen LogP contribution in [0.25, 0.3) is 0 Å². The van der Waals surface area contributed by atoms with Gasteiger partial charge in [-0.25, -0.2) is 13.2 Å². The molecule has 0 unspecified atom stereocenters. The van der Waals surface area contributed by atoms with Crippen molar-refractivity contribution in [2.45, 2.75) is 31.2 Å².